The van der Waals surface area contributed by atoms with Crippen molar-refractivity contribution in [3.05, 3.63) is 64.2 Å². The Morgan fingerprint density at radius 2 is 2.10 bits per heavy atom. The minimum Gasteiger partial charge on any atom is -0.473 e. The SMILES string of the molecule is CC(Oc1cc(-n2ccc(C(=O)NC3CCOC3)n2)nc(-c2noc3c2CCCC32CC(F)(F)c3ccc(N)c(C#N)c32)n1)C1CCCN1C. The first-order valence-electron chi connectivity index (χ1n) is 17.0. The third-order valence-electron chi connectivity index (χ3n) is 10.6. The van der Waals surface area contributed by atoms with Gasteiger partial charge < -0.3 is 25.0 Å². The third-order valence-corrected chi connectivity index (χ3v) is 10.6. The number of nitrogens with zero attached hydrogens (tertiary/aromatic N) is 7. The van der Waals surface area contributed by atoms with Crippen molar-refractivity contribution >= 4 is 11.6 Å². The van der Waals surface area contributed by atoms with E-state index in [0.717, 1.165) is 25.8 Å². The quantitative estimate of drug-likeness (QED) is 0.266. The number of aromatic nitrogens is 5. The standard InChI is InChI=1S/C35H37F2N9O4/c1-19(26-6-4-12-45(26)2)49-28-15-27(46-13-9-25(43-46)33(47)40-20-10-14-48-17-20)41-32(42-28)30-21-5-3-11-34(31(21)50-44-30)18-35(36,37)23-7-8-24(39)22(16-38)29(23)34/h7-9,13,15,19-20,26H,3-6,10-12,14,17-18,39H2,1-2H3,(H,40,47). The number of halogens is 2. The van der Waals surface area contributed by atoms with Crippen LogP contribution in [0.3, 0.4) is 0 Å². The molecule has 1 aromatic carbocycles. The maximum atomic E-state index is 15.7. The first kappa shape index (κ1) is 32.3. The van der Waals surface area contributed by atoms with Gasteiger partial charge in [-0.1, -0.05) is 11.2 Å². The molecule has 4 aliphatic rings. The van der Waals surface area contributed by atoms with Crippen molar-refractivity contribution in [3.63, 3.8) is 0 Å². The van der Waals surface area contributed by atoms with Gasteiger partial charge in [-0.3, -0.25) is 9.69 Å². The van der Waals surface area contributed by atoms with Crippen LogP contribution in [0, 0.1) is 11.3 Å². The molecular formula is C35H37F2N9O4. The van der Waals surface area contributed by atoms with Crippen LogP contribution in [-0.4, -0.2) is 80.7 Å². The van der Waals surface area contributed by atoms with E-state index in [4.69, 9.17) is 29.7 Å². The zero-order chi connectivity index (χ0) is 34.8. The Bertz CT molecular complexity index is 2020. The highest BCUT2D eigenvalue weighted by atomic mass is 19.3. The minimum atomic E-state index is -3.20. The number of hydrogen-bond acceptors (Lipinski definition) is 11. The zero-order valence-electron chi connectivity index (χ0n) is 27.8. The normalized spacial score (nSPS) is 24.5. The van der Waals surface area contributed by atoms with Gasteiger partial charge in [0.05, 0.1) is 23.6 Å². The molecule has 4 aromatic rings. The molecule has 0 radical (unpaired) electrons. The number of likely N-dealkylation sites (tertiary alicyclic amines) is 1. The summed E-state index contributed by atoms with van der Waals surface area (Å²) in [4.78, 5) is 24.8. The van der Waals surface area contributed by atoms with Crippen LogP contribution < -0.4 is 15.8 Å². The molecule has 8 rings (SSSR count). The van der Waals surface area contributed by atoms with Crippen molar-refractivity contribution in [3.8, 4) is 29.3 Å². The van der Waals surface area contributed by atoms with Gasteiger partial charge in [-0.2, -0.15) is 15.3 Å². The first-order chi connectivity index (χ1) is 24.1. The lowest BCUT2D eigenvalue weighted by Crippen LogP contribution is -2.38. The summed E-state index contributed by atoms with van der Waals surface area (Å²) in [5.41, 5.74) is 6.10. The van der Waals surface area contributed by atoms with E-state index in [2.05, 4.69) is 33.6 Å². The predicted octanol–water partition coefficient (Wildman–Crippen LogP) is 4.27. The second kappa shape index (κ2) is 12.1. The summed E-state index contributed by atoms with van der Waals surface area (Å²) in [6.07, 6.45) is 4.97. The summed E-state index contributed by atoms with van der Waals surface area (Å²) in [6, 6.07) is 8.09. The molecule has 2 fully saturated rings. The van der Waals surface area contributed by atoms with Gasteiger partial charge >= 0.3 is 0 Å². The average Bonchev–Trinajstić information content (AvgIpc) is 3.93. The van der Waals surface area contributed by atoms with E-state index in [-0.39, 0.29) is 69.6 Å². The maximum absolute atomic E-state index is 15.7. The Hall–Kier alpha value is -4.94. The number of alkyl halides is 2. The van der Waals surface area contributed by atoms with Crippen LogP contribution in [0.15, 0.2) is 35.0 Å². The number of nitrogens with two attached hydrogens (primary N) is 1. The Balaban J connectivity index is 1.21. The van der Waals surface area contributed by atoms with Crippen LogP contribution >= 0.6 is 0 Å². The van der Waals surface area contributed by atoms with Crippen LogP contribution in [0.1, 0.15) is 84.0 Å². The van der Waals surface area contributed by atoms with E-state index < -0.39 is 17.8 Å². The fourth-order valence-corrected chi connectivity index (χ4v) is 8.26. The third kappa shape index (κ3) is 5.28. The van der Waals surface area contributed by atoms with Gasteiger partial charge in [-0.25, -0.2) is 18.4 Å². The van der Waals surface area contributed by atoms with Crippen molar-refractivity contribution in [1.82, 2.24) is 35.1 Å². The zero-order valence-corrected chi connectivity index (χ0v) is 27.8. The minimum absolute atomic E-state index is 0.0317. The summed E-state index contributed by atoms with van der Waals surface area (Å²) in [6.45, 7) is 4.01. The summed E-state index contributed by atoms with van der Waals surface area (Å²) < 4.78 is 50.6. The number of hydrogen-bond donors (Lipinski definition) is 2. The fourth-order valence-electron chi connectivity index (χ4n) is 8.26. The number of ether oxygens (including phenoxy) is 2. The van der Waals surface area contributed by atoms with E-state index >= 15 is 8.78 Å². The van der Waals surface area contributed by atoms with Crippen LogP contribution in [-0.2, 0) is 22.5 Å². The Kier molecular flexibility index (Phi) is 7.83. The molecule has 0 bridgehead atoms. The molecule has 4 atom stereocenters. The predicted molar refractivity (Wildman–Crippen MR) is 175 cm³/mol. The molecule has 3 N–H and O–H groups in total. The van der Waals surface area contributed by atoms with Crippen molar-refractivity contribution in [2.75, 3.05) is 32.5 Å². The van der Waals surface area contributed by atoms with Crippen LogP contribution in [0.5, 0.6) is 5.88 Å². The summed E-state index contributed by atoms with van der Waals surface area (Å²) >= 11 is 0. The topological polar surface area (TPSA) is 170 Å². The van der Waals surface area contributed by atoms with Gasteiger partial charge in [-0.15, -0.1) is 0 Å². The second-order valence-corrected chi connectivity index (χ2v) is 13.8. The van der Waals surface area contributed by atoms with Gasteiger partial charge in [0.1, 0.15) is 12.2 Å². The number of anilines is 1. The monoisotopic (exact) mass is 685 g/mol. The number of carbonyl (C=O) groups excluding carboxylic acids is 1. The second-order valence-electron chi connectivity index (χ2n) is 13.8. The number of likely N-dealkylation sites (N-methyl/N-ethyl adjacent to an activating group) is 1. The maximum Gasteiger partial charge on any atom is 0.274 e. The first-order valence-corrected chi connectivity index (χ1v) is 17.0. The Morgan fingerprint density at radius 3 is 2.86 bits per heavy atom. The lowest BCUT2D eigenvalue weighted by atomic mass is 9.68. The summed E-state index contributed by atoms with van der Waals surface area (Å²) in [5, 5.41) is 21.9. The summed E-state index contributed by atoms with van der Waals surface area (Å²) in [7, 11) is 2.07. The van der Waals surface area contributed by atoms with E-state index in [0.29, 0.717) is 49.6 Å². The summed E-state index contributed by atoms with van der Waals surface area (Å²) in [5.74, 6) is -2.52. The highest BCUT2D eigenvalue weighted by molar-refractivity contribution is 5.92. The van der Waals surface area contributed by atoms with Crippen LogP contribution in [0.4, 0.5) is 14.5 Å². The number of benzene rings is 1. The molecule has 2 saturated heterocycles. The highest BCUT2D eigenvalue weighted by Crippen LogP contribution is 2.61. The molecule has 260 valence electrons. The largest absolute Gasteiger partial charge is 0.473 e. The van der Waals surface area contributed by atoms with Gasteiger partial charge in [0.15, 0.2) is 28.8 Å². The number of fused-ring (bicyclic) bond motifs is 4. The lowest BCUT2D eigenvalue weighted by molar-refractivity contribution is -0.0181. The molecule has 3 aromatic heterocycles. The van der Waals surface area contributed by atoms with Crippen LogP contribution in [0.2, 0.25) is 0 Å². The molecule has 50 heavy (non-hydrogen) atoms. The number of nitrogens with one attached hydrogen (secondary N) is 1. The molecule has 1 spiro atoms. The molecule has 15 heteroatoms. The molecule has 5 heterocycles. The average molecular weight is 686 g/mol. The van der Waals surface area contributed by atoms with Gasteiger partial charge in [0.2, 0.25) is 5.88 Å². The van der Waals surface area contributed by atoms with Gasteiger partial charge in [0, 0.05) is 48.1 Å². The van der Waals surface area contributed by atoms with Crippen molar-refractivity contribution in [2.45, 2.75) is 81.4 Å². The van der Waals surface area contributed by atoms with Crippen molar-refractivity contribution in [1.29, 1.82) is 5.26 Å². The number of carbonyl (C=O) groups is 1. The van der Waals surface area contributed by atoms with E-state index in [9.17, 15) is 10.1 Å². The van der Waals surface area contributed by atoms with Crippen molar-refractivity contribution in [2.24, 2.45) is 0 Å². The molecular weight excluding hydrogens is 648 g/mol. The van der Waals surface area contributed by atoms with E-state index in [1.165, 1.54) is 16.8 Å². The molecule has 13 nitrogen and oxygen atoms in total. The van der Waals surface area contributed by atoms with Crippen LogP contribution in [0.25, 0.3) is 17.3 Å². The van der Waals surface area contributed by atoms with E-state index in [1.807, 2.05) is 6.92 Å². The molecule has 2 aliphatic heterocycles. The fraction of sp³-hybridized carbons (Fsp3) is 0.486. The molecule has 4 unspecified atom stereocenters. The number of amides is 1. The number of rotatable bonds is 7. The molecule has 0 saturated carbocycles. The lowest BCUT2D eigenvalue weighted by Gasteiger charge is -2.33. The van der Waals surface area contributed by atoms with Crippen molar-refractivity contribution < 1.29 is 27.6 Å². The highest BCUT2D eigenvalue weighted by Gasteiger charge is 2.59. The van der Waals surface area contributed by atoms with Gasteiger partial charge in [-0.05, 0) is 76.7 Å². The molecule has 1 amide bonds. The Labute approximate surface area is 286 Å². The molecule has 2 aliphatic carbocycles. The Morgan fingerprint density at radius 1 is 1.24 bits per heavy atom. The number of nitriles is 1. The number of nitrogen functional groups attached to an aromatic ring is 1. The van der Waals surface area contributed by atoms with E-state index in [1.54, 1.807) is 18.3 Å². The smallest absolute Gasteiger partial charge is 0.274 e. The van der Waals surface area contributed by atoms with Gasteiger partial charge in [0.25, 0.3) is 11.8 Å².